The van der Waals surface area contributed by atoms with Crippen LogP contribution >= 0.6 is 11.8 Å². The Hall–Kier alpha value is -1.80. The minimum Gasteiger partial charge on any atom is -0.397 e. The zero-order valence-electron chi connectivity index (χ0n) is 9.95. The van der Waals surface area contributed by atoms with E-state index in [2.05, 4.69) is 16.6 Å². The Morgan fingerprint density at radius 3 is 3.17 bits per heavy atom. The average molecular weight is 261 g/mol. The number of carbonyl (C=O) groups is 1. The van der Waals surface area contributed by atoms with Crippen LogP contribution in [0.15, 0.2) is 12.1 Å². The van der Waals surface area contributed by atoms with Gasteiger partial charge in [0.05, 0.1) is 23.5 Å². The minimum atomic E-state index is 0.0196. The van der Waals surface area contributed by atoms with Crippen LogP contribution in [-0.4, -0.2) is 24.0 Å². The molecule has 5 heteroatoms. The molecule has 1 aromatic rings. The molecule has 1 amide bonds. The summed E-state index contributed by atoms with van der Waals surface area (Å²) in [5, 5.41) is 6.06. The number of fused-ring (bicyclic) bond motifs is 1. The Kier molecular flexibility index (Phi) is 4.00. The predicted octanol–water partition coefficient (Wildman–Crippen LogP) is 1.54. The van der Waals surface area contributed by atoms with Crippen LogP contribution in [0, 0.1) is 12.3 Å². The average Bonchev–Trinajstić information content (AvgIpc) is 2.68. The zero-order valence-corrected chi connectivity index (χ0v) is 10.8. The van der Waals surface area contributed by atoms with Gasteiger partial charge >= 0.3 is 0 Å². The second-order valence-electron chi connectivity index (χ2n) is 4.01. The quantitative estimate of drug-likeness (QED) is 0.427. The summed E-state index contributed by atoms with van der Waals surface area (Å²) in [7, 11) is 0. The van der Waals surface area contributed by atoms with Crippen molar-refractivity contribution < 1.29 is 4.79 Å². The topological polar surface area (TPSA) is 67.1 Å². The SMILES string of the molecule is C#CCSCCNc1cc2c(cc1N)CC(=O)N2. The lowest BCUT2D eigenvalue weighted by Crippen LogP contribution is -2.07. The first-order valence-corrected chi connectivity index (χ1v) is 6.83. The maximum absolute atomic E-state index is 11.3. The van der Waals surface area contributed by atoms with Gasteiger partial charge in [-0.15, -0.1) is 18.2 Å². The van der Waals surface area contributed by atoms with Crippen LogP contribution in [0.1, 0.15) is 5.56 Å². The van der Waals surface area contributed by atoms with Gasteiger partial charge in [0.2, 0.25) is 5.91 Å². The van der Waals surface area contributed by atoms with Gasteiger partial charge in [-0.25, -0.2) is 0 Å². The Labute approximate surface area is 111 Å². The van der Waals surface area contributed by atoms with E-state index >= 15 is 0 Å². The molecule has 0 spiro atoms. The summed E-state index contributed by atoms with van der Waals surface area (Å²) in [5.74, 6) is 4.24. The first-order chi connectivity index (χ1) is 8.70. The third kappa shape index (κ3) is 2.90. The molecule has 0 aromatic heterocycles. The summed E-state index contributed by atoms with van der Waals surface area (Å²) in [6, 6.07) is 3.74. The highest BCUT2D eigenvalue weighted by molar-refractivity contribution is 7.99. The molecular weight excluding hydrogens is 246 g/mol. The van der Waals surface area contributed by atoms with Crippen LogP contribution in [0.25, 0.3) is 0 Å². The van der Waals surface area contributed by atoms with E-state index < -0.39 is 0 Å². The van der Waals surface area contributed by atoms with Gasteiger partial charge in [0.15, 0.2) is 0 Å². The monoisotopic (exact) mass is 261 g/mol. The van der Waals surface area contributed by atoms with Crippen LogP contribution in [0.4, 0.5) is 17.1 Å². The third-order valence-corrected chi connectivity index (χ3v) is 3.51. The van der Waals surface area contributed by atoms with Crippen molar-refractivity contribution in [3.8, 4) is 12.3 Å². The van der Waals surface area contributed by atoms with Crippen molar-refractivity contribution in [2.45, 2.75) is 6.42 Å². The highest BCUT2D eigenvalue weighted by Crippen LogP contribution is 2.31. The van der Waals surface area contributed by atoms with Crippen molar-refractivity contribution in [3.63, 3.8) is 0 Å². The Bertz CT molecular complexity index is 508. The fourth-order valence-electron chi connectivity index (χ4n) is 1.84. The summed E-state index contributed by atoms with van der Waals surface area (Å²) < 4.78 is 0. The predicted molar refractivity (Wildman–Crippen MR) is 77.8 cm³/mol. The van der Waals surface area contributed by atoms with Gasteiger partial charge in [0.25, 0.3) is 0 Å². The van der Waals surface area contributed by atoms with Crippen molar-refractivity contribution in [2.24, 2.45) is 0 Å². The van der Waals surface area contributed by atoms with Crippen LogP contribution in [-0.2, 0) is 11.2 Å². The van der Waals surface area contributed by atoms with Gasteiger partial charge in [-0.2, -0.15) is 0 Å². The number of terminal acetylenes is 1. The van der Waals surface area contributed by atoms with E-state index in [1.807, 2.05) is 12.1 Å². The molecule has 2 rings (SSSR count). The summed E-state index contributed by atoms with van der Waals surface area (Å²) in [5.41, 5.74) is 9.29. The number of anilines is 3. The van der Waals surface area contributed by atoms with Crippen LogP contribution in [0.2, 0.25) is 0 Å². The number of nitrogens with one attached hydrogen (secondary N) is 2. The lowest BCUT2D eigenvalue weighted by atomic mass is 10.1. The molecule has 1 aromatic carbocycles. The largest absolute Gasteiger partial charge is 0.397 e. The van der Waals surface area contributed by atoms with Crippen molar-refractivity contribution in [3.05, 3.63) is 17.7 Å². The fourth-order valence-corrected chi connectivity index (χ4v) is 2.34. The van der Waals surface area contributed by atoms with Crippen LogP contribution < -0.4 is 16.4 Å². The first-order valence-electron chi connectivity index (χ1n) is 5.68. The lowest BCUT2D eigenvalue weighted by Gasteiger charge is -2.11. The molecule has 0 aliphatic carbocycles. The van der Waals surface area contributed by atoms with Gasteiger partial charge in [0, 0.05) is 18.0 Å². The molecule has 0 fully saturated rings. The highest BCUT2D eigenvalue weighted by Gasteiger charge is 2.18. The molecule has 0 bridgehead atoms. The first kappa shape index (κ1) is 12.7. The van der Waals surface area contributed by atoms with E-state index in [1.165, 1.54) is 0 Å². The smallest absolute Gasteiger partial charge is 0.228 e. The third-order valence-electron chi connectivity index (χ3n) is 2.65. The van der Waals surface area contributed by atoms with Crippen molar-refractivity contribution in [2.75, 3.05) is 34.4 Å². The number of hydrogen-bond acceptors (Lipinski definition) is 4. The van der Waals surface area contributed by atoms with Gasteiger partial charge in [-0.05, 0) is 17.7 Å². The molecule has 18 heavy (non-hydrogen) atoms. The highest BCUT2D eigenvalue weighted by atomic mass is 32.2. The summed E-state index contributed by atoms with van der Waals surface area (Å²) in [6.45, 7) is 0.795. The number of nitrogen functional groups attached to an aromatic ring is 1. The number of thioether (sulfide) groups is 1. The Morgan fingerprint density at radius 2 is 2.39 bits per heavy atom. The molecule has 0 saturated carbocycles. The Morgan fingerprint density at radius 1 is 1.56 bits per heavy atom. The second-order valence-corrected chi connectivity index (χ2v) is 5.11. The number of amides is 1. The van der Waals surface area contributed by atoms with E-state index in [1.54, 1.807) is 11.8 Å². The Balaban J connectivity index is 1.96. The normalized spacial score (nSPS) is 12.7. The molecular formula is C13H15N3OS. The number of nitrogens with two attached hydrogens (primary N) is 1. The van der Waals surface area contributed by atoms with Crippen LogP contribution in [0.3, 0.4) is 0 Å². The molecule has 4 N–H and O–H groups in total. The maximum Gasteiger partial charge on any atom is 0.228 e. The number of benzene rings is 1. The van der Waals surface area contributed by atoms with E-state index in [9.17, 15) is 4.79 Å². The molecule has 0 radical (unpaired) electrons. The zero-order chi connectivity index (χ0) is 13.0. The molecule has 0 atom stereocenters. The minimum absolute atomic E-state index is 0.0196. The summed E-state index contributed by atoms with van der Waals surface area (Å²) in [6.07, 6.45) is 5.58. The van der Waals surface area contributed by atoms with E-state index in [-0.39, 0.29) is 5.91 Å². The van der Waals surface area contributed by atoms with Crippen LogP contribution in [0.5, 0.6) is 0 Å². The summed E-state index contributed by atoms with van der Waals surface area (Å²) in [4.78, 5) is 11.3. The molecule has 94 valence electrons. The molecule has 0 saturated heterocycles. The number of hydrogen-bond donors (Lipinski definition) is 3. The number of carbonyl (C=O) groups excluding carboxylic acids is 1. The van der Waals surface area contributed by atoms with E-state index in [0.29, 0.717) is 12.1 Å². The van der Waals surface area contributed by atoms with Crippen molar-refractivity contribution >= 4 is 34.7 Å². The van der Waals surface area contributed by atoms with Crippen molar-refractivity contribution in [1.82, 2.24) is 0 Å². The van der Waals surface area contributed by atoms with Gasteiger partial charge in [-0.1, -0.05) is 5.92 Å². The molecule has 1 aliphatic rings. The van der Waals surface area contributed by atoms with E-state index in [0.717, 1.165) is 35.0 Å². The maximum atomic E-state index is 11.3. The standard InChI is InChI=1S/C13H15N3OS/c1-2-4-18-5-3-15-12-8-11-9(6-10(12)14)7-13(17)16-11/h1,6,8,15H,3-5,7,14H2,(H,16,17). The molecule has 4 nitrogen and oxygen atoms in total. The molecule has 1 heterocycles. The van der Waals surface area contributed by atoms with Gasteiger partial charge in [-0.3, -0.25) is 4.79 Å². The van der Waals surface area contributed by atoms with E-state index in [4.69, 9.17) is 12.2 Å². The molecule has 0 unspecified atom stereocenters. The van der Waals surface area contributed by atoms with Gasteiger partial charge in [0.1, 0.15) is 0 Å². The fraction of sp³-hybridized carbons (Fsp3) is 0.308. The summed E-state index contributed by atoms with van der Waals surface area (Å²) >= 11 is 1.70. The van der Waals surface area contributed by atoms with Crippen molar-refractivity contribution in [1.29, 1.82) is 0 Å². The number of rotatable bonds is 5. The lowest BCUT2D eigenvalue weighted by molar-refractivity contribution is -0.115. The van der Waals surface area contributed by atoms with Gasteiger partial charge < -0.3 is 16.4 Å². The second kappa shape index (κ2) is 5.69. The molecule has 1 aliphatic heterocycles.